The Labute approximate surface area is 140 Å². The van der Waals surface area contributed by atoms with Crippen LogP contribution in [0.3, 0.4) is 0 Å². The fourth-order valence-corrected chi connectivity index (χ4v) is 2.95. The van der Waals surface area contributed by atoms with E-state index in [0.717, 1.165) is 31.4 Å². The number of carbonyl (C=O) groups is 2. The van der Waals surface area contributed by atoms with Crippen LogP contribution in [0.4, 0.5) is 0 Å². The van der Waals surface area contributed by atoms with Crippen molar-refractivity contribution < 1.29 is 19.2 Å². The molecule has 3 rings (SSSR count). The van der Waals surface area contributed by atoms with Gasteiger partial charge in [-0.05, 0) is 31.6 Å². The molecule has 0 radical (unpaired) electrons. The maximum atomic E-state index is 12.1. The Hall–Kier alpha value is -1.93. The van der Waals surface area contributed by atoms with Crippen molar-refractivity contribution in [1.29, 1.82) is 0 Å². The molecular formula is C16H24N4O4. The number of hydrogen-bond acceptors (Lipinski definition) is 6. The number of nitrogens with one attached hydrogen (secondary N) is 1. The van der Waals surface area contributed by atoms with Gasteiger partial charge in [-0.15, -0.1) is 0 Å². The molecule has 2 fully saturated rings. The Kier molecular flexibility index (Phi) is 5.15. The molecule has 1 saturated carbocycles. The monoisotopic (exact) mass is 336 g/mol. The average Bonchev–Trinajstić information content (AvgIpc) is 3.35. The van der Waals surface area contributed by atoms with Crippen molar-refractivity contribution in [3.05, 3.63) is 17.5 Å². The molecule has 2 heterocycles. The van der Waals surface area contributed by atoms with Crippen molar-refractivity contribution in [2.45, 2.75) is 37.6 Å². The maximum absolute atomic E-state index is 12.1. The summed E-state index contributed by atoms with van der Waals surface area (Å²) in [5.41, 5.74) is 5.89. The number of aromatic nitrogens is 1. The van der Waals surface area contributed by atoms with Crippen LogP contribution in [0.15, 0.2) is 10.6 Å². The summed E-state index contributed by atoms with van der Waals surface area (Å²) in [6, 6.07) is 0.888. The third-order valence-corrected chi connectivity index (χ3v) is 4.73. The third-order valence-electron chi connectivity index (χ3n) is 4.73. The molecule has 1 saturated heterocycles. The van der Waals surface area contributed by atoms with Gasteiger partial charge >= 0.3 is 0 Å². The molecule has 1 aliphatic carbocycles. The van der Waals surface area contributed by atoms with Crippen LogP contribution in [0.25, 0.3) is 0 Å². The predicted molar refractivity (Wildman–Crippen MR) is 85.2 cm³/mol. The summed E-state index contributed by atoms with van der Waals surface area (Å²) in [4.78, 5) is 25.7. The van der Waals surface area contributed by atoms with Gasteiger partial charge in [0.05, 0.1) is 6.61 Å². The van der Waals surface area contributed by atoms with Crippen LogP contribution < -0.4 is 11.1 Å². The number of amides is 2. The van der Waals surface area contributed by atoms with E-state index in [1.165, 1.54) is 0 Å². The topological polar surface area (TPSA) is 122 Å². The van der Waals surface area contributed by atoms with Gasteiger partial charge in [-0.25, -0.2) is 0 Å². The van der Waals surface area contributed by atoms with Crippen molar-refractivity contribution in [2.24, 2.45) is 11.7 Å². The molecule has 0 bridgehead atoms. The summed E-state index contributed by atoms with van der Waals surface area (Å²) in [5.74, 6) is 1.12. The largest absolute Gasteiger partial charge is 0.394 e. The van der Waals surface area contributed by atoms with Gasteiger partial charge < -0.3 is 25.6 Å². The molecule has 0 unspecified atom stereocenters. The summed E-state index contributed by atoms with van der Waals surface area (Å²) < 4.78 is 5.19. The molecule has 2 aliphatic rings. The molecule has 8 heteroatoms. The highest BCUT2D eigenvalue weighted by Gasteiger charge is 2.29. The molecule has 1 aliphatic heterocycles. The first-order valence-electron chi connectivity index (χ1n) is 8.48. The molecule has 0 aromatic carbocycles. The number of nitrogens with zero attached hydrogens (tertiary/aromatic N) is 2. The highest BCUT2D eigenvalue weighted by atomic mass is 16.5. The molecule has 1 aromatic rings. The molecule has 24 heavy (non-hydrogen) atoms. The Morgan fingerprint density at radius 3 is 2.71 bits per heavy atom. The second-order valence-electron chi connectivity index (χ2n) is 6.66. The van der Waals surface area contributed by atoms with E-state index >= 15 is 0 Å². The average molecular weight is 336 g/mol. The highest BCUT2D eigenvalue weighted by Crippen LogP contribution is 2.40. The Balaban J connectivity index is 1.41. The summed E-state index contributed by atoms with van der Waals surface area (Å²) in [6.07, 6.45) is 3.81. The van der Waals surface area contributed by atoms with Crippen LogP contribution in [-0.4, -0.2) is 59.3 Å². The fourth-order valence-electron chi connectivity index (χ4n) is 2.95. The van der Waals surface area contributed by atoms with Crippen LogP contribution in [0, 0.1) is 5.92 Å². The van der Waals surface area contributed by atoms with Crippen LogP contribution in [0.2, 0.25) is 0 Å². The molecular weight excluding hydrogens is 312 g/mol. The quantitative estimate of drug-likeness (QED) is 0.663. The second-order valence-corrected chi connectivity index (χ2v) is 6.66. The lowest BCUT2D eigenvalue weighted by Crippen LogP contribution is -2.49. The Bertz CT molecular complexity index is 591. The van der Waals surface area contributed by atoms with E-state index < -0.39 is 6.04 Å². The molecule has 1 atom stereocenters. The van der Waals surface area contributed by atoms with Crippen LogP contribution in [0.5, 0.6) is 0 Å². The van der Waals surface area contributed by atoms with Gasteiger partial charge in [-0.2, -0.15) is 0 Å². The van der Waals surface area contributed by atoms with Crippen molar-refractivity contribution in [3.8, 4) is 0 Å². The highest BCUT2D eigenvalue weighted by molar-refractivity contribution is 5.92. The van der Waals surface area contributed by atoms with E-state index in [2.05, 4.69) is 10.5 Å². The number of piperidine rings is 1. The zero-order valence-corrected chi connectivity index (χ0v) is 13.6. The minimum Gasteiger partial charge on any atom is -0.394 e. The number of likely N-dealkylation sites (tertiary alicyclic amines) is 1. The maximum Gasteiger partial charge on any atom is 0.273 e. The first-order chi connectivity index (χ1) is 11.6. The number of aliphatic hydroxyl groups excluding tert-OH is 1. The Morgan fingerprint density at radius 1 is 1.38 bits per heavy atom. The van der Waals surface area contributed by atoms with Crippen LogP contribution >= 0.6 is 0 Å². The SMILES string of the molecule is N[C@H](CO)C(=O)N1CCC(CNC(=O)c2cc(C3CC3)on2)CC1. The zero-order chi connectivity index (χ0) is 17.1. The number of hydrogen-bond donors (Lipinski definition) is 3. The lowest BCUT2D eigenvalue weighted by atomic mass is 9.96. The van der Waals surface area contributed by atoms with E-state index in [0.29, 0.717) is 37.2 Å². The van der Waals surface area contributed by atoms with E-state index in [9.17, 15) is 9.59 Å². The second kappa shape index (κ2) is 7.31. The fraction of sp³-hybridized carbons (Fsp3) is 0.688. The minimum atomic E-state index is -0.839. The van der Waals surface area contributed by atoms with Gasteiger partial charge in [0.1, 0.15) is 11.8 Å². The summed E-state index contributed by atoms with van der Waals surface area (Å²) in [7, 11) is 0. The Morgan fingerprint density at radius 2 is 2.08 bits per heavy atom. The van der Waals surface area contributed by atoms with Crippen molar-refractivity contribution in [3.63, 3.8) is 0 Å². The third kappa shape index (κ3) is 3.93. The number of nitrogens with two attached hydrogens (primary N) is 1. The van der Waals surface area contributed by atoms with Crippen molar-refractivity contribution in [1.82, 2.24) is 15.4 Å². The van der Waals surface area contributed by atoms with E-state index in [1.54, 1.807) is 11.0 Å². The standard InChI is InChI=1S/C16H24N4O4/c17-12(9-21)16(23)20-5-3-10(4-6-20)8-18-15(22)13-7-14(24-19-13)11-1-2-11/h7,10-12,21H,1-6,8-9,17H2,(H,18,22)/t12-/m1/s1. The van der Waals surface area contributed by atoms with Gasteiger partial charge in [0, 0.05) is 31.6 Å². The smallest absolute Gasteiger partial charge is 0.273 e. The van der Waals surface area contributed by atoms with Crippen molar-refractivity contribution >= 4 is 11.8 Å². The van der Waals surface area contributed by atoms with Gasteiger partial charge in [0.2, 0.25) is 5.91 Å². The van der Waals surface area contributed by atoms with Crippen LogP contribution in [0.1, 0.15) is 47.8 Å². The van der Waals surface area contributed by atoms with Crippen LogP contribution in [-0.2, 0) is 4.79 Å². The minimum absolute atomic E-state index is 0.213. The normalized spacial score (nSPS) is 20.0. The molecule has 1 aromatic heterocycles. The first-order valence-corrected chi connectivity index (χ1v) is 8.48. The van der Waals surface area contributed by atoms with Gasteiger partial charge in [0.15, 0.2) is 5.69 Å². The van der Waals surface area contributed by atoms with Gasteiger partial charge in [-0.3, -0.25) is 9.59 Å². The molecule has 132 valence electrons. The molecule has 4 N–H and O–H groups in total. The van der Waals surface area contributed by atoms with E-state index in [-0.39, 0.29) is 18.4 Å². The van der Waals surface area contributed by atoms with E-state index in [4.69, 9.17) is 15.4 Å². The van der Waals surface area contributed by atoms with E-state index in [1.807, 2.05) is 0 Å². The lowest BCUT2D eigenvalue weighted by Gasteiger charge is -2.33. The molecule has 8 nitrogen and oxygen atoms in total. The number of rotatable bonds is 6. The first kappa shape index (κ1) is 16.9. The zero-order valence-electron chi connectivity index (χ0n) is 13.6. The number of aliphatic hydroxyl groups is 1. The molecule has 0 spiro atoms. The predicted octanol–water partition coefficient (Wildman–Crippen LogP) is -0.160. The van der Waals surface area contributed by atoms with Gasteiger partial charge in [-0.1, -0.05) is 5.16 Å². The summed E-state index contributed by atoms with van der Waals surface area (Å²) in [6.45, 7) is 1.42. The lowest BCUT2D eigenvalue weighted by molar-refractivity contribution is -0.134. The van der Waals surface area contributed by atoms with Gasteiger partial charge in [0.25, 0.3) is 5.91 Å². The van der Waals surface area contributed by atoms with Crippen molar-refractivity contribution in [2.75, 3.05) is 26.2 Å². The molecule has 2 amide bonds. The number of carbonyl (C=O) groups excluding carboxylic acids is 2. The summed E-state index contributed by atoms with van der Waals surface area (Å²) >= 11 is 0. The summed E-state index contributed by atoms with van der Waals surface area (Å²) in [5, 5.41) is 15.7.